The maximum absolute atomic E-state index is 8.83. The van der Waals surface area contributed by atoms with Crippen molar-refractivity contribution in [1.82, 2.24) is 4.90 Å². The van der Waals surface area contributed by atoms with Crippen LogP contribution in [0.15, 0.2) is 24.3 Å². The molecule has 0 bridgehead atoms. The molecule has 5 nitrogen and oxygen atoms in total. The molecule has 0 amide bonds. The van der Waals surface area contributed by atoms with E-state index >= 15 is 0 Å². The molecule has 5 heteroatoms. The summed E-state index contributed by atoms with van der Waals surface area (Å²) >= 11 is 0. The summed E-state index contributed by atoms with van der Waals surface area (Å²) in [5.74, 6) is 1.48. The number of hydrogen-bond acceptors (Lipinski definition) is 5. The highest BCUT2D eigenvalue weighted by Crippen LogP contribution is 2.25. The fourth-order valence-electron chi connectivity index (χ4n) is 2.01. The molecule has 1 heterocycles. The van der Waals surface area contributed by atoms with E-state index in [2.05, 4.69) is 11.0 Å². The fraction of sp³-hybridized carbons (Fsp3) is 0.500. The van der Waals surface area contributed by atoms with Crippen molar-refractivity contribution < 1.29 is 14.2 Å². The number of benzene rings is 1. The van der Waals surface area contributed by atoms with Gasteiger partial charge < -0.3 is 14.2 Å². The minimum atomic E-state index is -0.319. The van der Waals surface area contributed by atoms with E-state index in [0.29, 0.717) is 19.8 Å². The molecular weight excluding hydrogens is 244 g/mol. The highest BCUT2D eigenvalue weighted by Gasteiger charge is 2.19. The molecule has 19 heavy (non-hydrogen) atoms. The summed E-state index contributed by atoms with van der Waals surface area (Å²) in [6.45, 7) is 3.43. The lowest BCUT2D eigenvalue weighted by molar-refractivity contribution is -0.00343. The first-order valence-corrected chi connectivity index (χ1v) is 6.33. The average Bonchev–Trinajstić information content (AvgIpc) is 2.48. The maximum Gasteiger partial charge on any atom is 0.161 e. The third-order valence-electron chi connectivity index (χ3n) is 3.03. The van der Waals surface area contributed by atoms with Crippen LogP contribution in [0.25, 0.3) is 0 Å². The Balaban J connectivity index is 1.78. The Bertz CT molecular complexity index is 445. The first-order chi connectivity index (χ1) is 9.33. The Kier molecular flexibility index (Phi) is 5.01. The molecule has 2 rings (SSSR count). The Hall–Kier alpha value is -1.77. The van der Waals surface area contributed by atoms with Crippen LogP contribution in [0.2, 0.25) is 0 Å². The zero-order valence-electron chi connectivity index (χ0n) is 11.0. The summed E-state index contributed by atoms with van der Waals surface area (Å²) in [4.78, 5) is 2.17. The van der Waals surface area contributed by atoms with Crippen molar-refractivity contribution in [3.63, 3.8) is 0 Å². The van der Waals surface area contributed by atoms with Gasteiger partial charge in [0.1, 0.15) is 6.61 Å². The van der Waals surface area contributed by atoms with Gasteiger partial charge in [0.2, 0.25) is 0 Å². The number of nitriles is 1. The predicted octanol–water partition coefficient (Wildman–Crippen LogP) is 1.30. The Morgan fingerprint density at radius 3 is 2.95 bits per heavy atom. The highest BCUT2D eigenvalue weighted by atomic mass is 16.5. The lowest BCUT2D eigenvalue weighted by atomic mass is 10.3. The molecule has 0 N–H and O–H groups in total. The van der Waals surface area contributed by atoms with Crippen LogP contribution >= 0.6 is 0 Å². The second-order valence-corrected chi connectivity index (χ2v) is 4.29. The molecule has 102 valence electrons. The summed E-state index contributed by atoms with van der Waals surface area (Å²) in [6, 6.07) is 9.71. The number of morpholine rings is 1. The average molecular weight is 262 g/mol. The van der Waals surface area contributed by atoms with E-state index < -0.39 is 0 Å². The van der Waals surface area contributed by atoms with Crippen LogP contribution < -0.4 is 9.47 Å². The van der Waals surface area contributed by atoms with Crippen LogP contribution in [0.1, 0.15) is 0 Å². The topological polar surface area (TPSA) is 54.7 Å². The minimum Gasteiger partial charge on any atom is -0.493 e. The third kappa shape index (κ3) is 3.85. The van der Waals surface area contributed by atoms with Gasteiger partial charge in [0.15, 0.2) is 17.6 Å². The molecule has 1 aromatic carbocycles. The second kappa shape index (κ2) is 6.98. The lowest BCUT2D eigenvalue weighted by Gasteiger charge is -2.29. The second-order valence-electron chi connectivity index (χ2n) is 4.29. The van der Waals surface area contributed by atoms with E-state index in [1.54, 1.807) is 7.11 Å². The molecule has 0 aliphatic carbocycles. The van der Waals surface area contributed by atoms with Crippen molar-refractivity contribution in [2.45, 2.75) is 6.10 Å². The molecule has 0 radical (unpaired) electrons. The number of nitrogens with zero attached hydrogens (tertiary/aromatic N) is 2. The van der Waals surface area contributed by atoms with Crippen molar-refractivity contribution >= 4 is 0 Å². The normalized spacial score (nSPS) is 19.7. The molecule has 1 aliphatic rings. The minimum absolute atomic E-state index is 0.319. The summed E-state index contributed by atoms with van der Waals surface area (Å²) in [7, 11) is 1.63. The van der Waals surface area contributed by atoms with Crippen molar-refractivity contribution in [2.24, 2.45) is 0 Å². The molecule has 1 saturated heterocycles. The van der Waals surface area contributed by atoms with Gasteiger partial charge in [0, 0.05) is 19.6 Å². The summed E-state index contributed by atoms with van der Waals surface area (Å²) < 4.78 is 16.2. The molecule has 1 aliphatic heterocycles. The molecule has 1 fully saturated rings. The molecule has 0 spiro atoms. The van der Waals surface area contributed by atoms with Gasteiger partial charge in [0.05, 0.1) is 19.8 Å². The first-order valence-electron chi connectivity index (χ1n) is 6.33. The lowest BCUT2D eigenvalue weighted by Crippen LogP contribution is -2.43. The quantitative estimate of drug-likeness (QED) is 0.800. The van der Waals surface area contributed by atoms with E-state index in [1.807, 2.05) is 24.3 Å². The van der Waals surface area contributed by atoms with Crippen LogP contribution in [-0.4, -0.2) is 51.0 Å². The summed E-state index contributed by atoms with van der Waals surface area (Å²) in [5, 5.41) is 8.83. The summed E-state index contributed by atoms with van der Waals surface area (Å²) in [5.41, 5.74) is 0. The van der Waals surface area contributed by atoms with Gasteiger partial charge in [0.25, 0.3) is 0 Å². The van der Waals surface area contributed by atoms with Gasteiger partial charge in [-0.1, -0.05) is 12.1 Å². The van der Waals surface area contributed by atoms with Gasteiger partial charge in [-0.2, -0.15) is 5.26 Å². The van der Waals surface area contributed by atoms with E-state index in [4.69, 9.17) is 19.5 Å². The maximum atomic E-state index is 8.83. The SMILES string of the molecule is COc1ccccc1OCCN1CCOC(C#N)C1. The fourth-order valence-corrected chi connectivity index (χ4v) is 2.01. The van der Waals surface area contributed by atoms with Gasteiger partial charge in [-0.15, -0.1) is 0 Å². The number of rotatable bonds is 5. The highest BCUT2D eigenvalue weighted by molar-refractivity contribution is 5.39. The zero-order chi connectivity index (χ0) is 13.5. The van der Waals surface area contributed by atoms with Crippen LogP contribution in [-0.2, 0) is 4.74 Å². The van der Waals surface area contributed by atoms with Crippen molar-refractivity contribution in [1.29, 1.82) is 5.26 Å². The Morgan fingerprint density at radius 1 is 1.42 bits per heavy atom. The van der Waals surface area contributed by atoms with Gasteiger partial charge in [-0.25, -0.2) is 0 Å². The van der Waals surface area contributed by atoms with E-state index in [-0.39, 0.29) is 6.10 Å². The van der Waals surface area contributed by atoms with E-state index in [1.165, 1.54) is 0 Å². The van der Waals surface area contributed by atoms with Crippen LogP contribution in [0.5, 0.6) is 11.5 Å². The molecule has 1 unspecified atom stereocenters. The predicted molar refractivity (Wildman–Crippen MR) is 70.3 cm³/mol. The molecule has 0 saturated carbocycles. The number of hydrogen-bond donors (Lipinski definition) is 0. The van der Waals surface area contributed by atoms with Crippen LogP contribution in [0.3, 0.4) is 0 Å². The van der Waals surface area contributed by atoms with Gasteiger partial charge >= 0.3 is 0 Å². The molecular formula is C14H18N2O3. The molecule has 1 atom stereocenters. The van der Waals surface area contributed by atoms with E-state index in [0.717, 1.165) is 24.6 Å². The van der Waals surface area contributed by atoms with Crippen molar-refractivity contribution in [2.75, 3.05) is 40.0 Å². The summed E-state index contributed by atoms with van der Waals surface area (Å²) in [6.07, 6.45) is -0.319. The zero-order valence-corrected chi connectivity index (χ0v) is 11.0. The van der Waals surface area contributed by atoms with Crippen LogP contribution in [0.4, 0.5) is 0 Å². The Morgan fingerprint density at radius 2 is 2.21 bits per heavy atom. The van der Waals surface area contributed by atoms with Crippen molar-refractivity contribution in [3.05, 3.63) is 24.3 Å². The van der Waals surface area contributed by atoms with Crippen LogP contribution in [0, 0.1) is 11.3 Å². The monoisotopic (exact) mass is 262 g/mol. The number of ether oxygens (including phenoxy) is 3. The smallest absolute Gasteiger partial charge is 0.161 e. The molecule has 1 aromatic rings. The van der Waals surface area contributed by atoms with Crippen molar-refractivity contribution in [3.8, 4) is 17.6 Å². The Labute approximate surface area is 113 Å². The van der Waals surface area contributed by atoms with Gasteiger partial charge in [-0.3, -0.25) is 4.90 Å². The number of methoxy groups -OCH3 is 1. The third-order valence-corrected chi connectivity index (χ3v) is 3.03. The largest absolute Gasteiger partial charge is 0.493 e. The van der Waals surface area contributed by atoms with Gasteiger partial charge in [-0.05, 0) is 12.1 Å². The molecule has 0 aromatic heterocycles. The number of para-hydroxylation sites is 2. The van der Waals surface area contributed by atoms with E-state index in [9.17, 15) is 0 Å². The standard InChI is InChI=1S/C14H18N2O3/c1-17-13-4-2-3-5-14(13)19-9-7-16-6-8-18-12(10-15)11-16/h2-5,12H,6-9,11H2,1H3. The first kappa shape index (κ1) is 13.7.